The number of carbonyl (C=O) groups is 1. The van der Waals surface area contributed by atoms with Crippen molar-refractivity contribution in [1.82, 2.24) is 0 Å². The first kappa shape index (κ1) is 11.4. The topological polar surface area (TPSA) is 55.8 Å². The van der Waals surface area contributed by atoms with Crippen LogP contribution < -0.4 is 4.74 Å². The largest absolute Gasteiger partial charge is 0.508 e. The van der Waals surface area contributed by atoms with E-state index >= 15 is 0 Å². The Morgan fingerprint density at radius 2 is 2.07 bits per heavy atom. The van der Waals surface area contributed by atoms with Gasteiger partial charge in [0.15, 0.2) is 0 Å². The van der Waals surface area contributed by atoms with Crippen molar-refractivity contribution >= 4 is 5.97 Å². The number of hydrogen-bond donors (Lipinski definition) is 1. The maximum Gasteiger partial charge on any atom is 0.341 e. The van der Waals surface area contributed by atoms with Crippen LogP contribution in [0.1, 0.15) is 24.2 Å². The molecule has 1 aromatic carbocycles. The van der Waals surface area contributed by atoms with Gasteiger partial charge in [0.05, 0.1) is 13.2 Å². The Bertz CT molecular complexity index is 358. The second kappa shape index (κ2) is 4.68. The summed E-state index contributed by atoms with van der Waals surface area (Å²) in [7, 11) is 1.30. The SMILES string of the molecule is COC(=O)c1ccc(O)cc1OC(C)C. The van der Waals surface area contributed by atoms with E-state index in [0.717, 1.165) is 0 Å². The molecule has 0 saturated heterocycles. The van der Waals surface area contributed by atoms with E-state index in [1.54, 1.807) is 0 Å². The first-order valence-corrected chi connectivity index (χ1v) is 4.62. The van der Waals surface area contributed by atoms with Gasteiger partial charge in [0.1, 0.15) is 17.1 Å². The quantitative estimate of drug-likeness (QED) is 0.775. The van der Waals surface area contributed by atoms with E-state index in [4.69, 9.17) is 4.74 Å². The van der Waals surface area contributed by atoms with Gasteiger partial charge in [0.25, 0.3) is 0 Å². The molecule has 0 aromatic heterocycles. The molecule has 1 N–H and O–H groups in total. The predicted octanol–water partition coefficient (Wildman–Crippen LogP) is 1.97. The van der Waals surface area contributed by atoms with Crippen LogP contribution in [0.2, 0.25) is 0 Å². The second-order valence-electron chi connectivity index (χ2n) is 3.34. The average molecular weight is 210 g/mol. The minimum absolute atomic E-state index is 0.0540. The lowest BCUT2D eigenvalue weighted by molar-refractivity contribution is 0.0594. The van der Waals surface area contributed by atoms with Gasteiger partial charge in [-0.3, -0.25) is 0 Å². The van der Waals surface area contributed by atoms with E-state index in [2.05, 4.69) is 4.74 Å². The molecule has 0 amide bonds. The summed E-state index contributed by atoms with van der Waals surface area (Å²) in [6.45, 7) is 3.68. The van der Waals surface area contributed by atoms with Crippen LogP contribution in [-0.2, 0) is 4.74 Å². The normalized spacial score (nSPS) is 10.1. The third-order valence-electron chi connectivity index (χ3n) is 1.73. The van der Waals surface area contributed by atoms with Crippen LogP contribution in [0.5, 0.6) is 11.5 Å². The molecule has 0 spiro atoms. The zero-order valence-corrected chi connectivity index (χ0v) is 8.98. The minimum Gasteiger partial charge on any atom is -0.508 e. The van der Waals surface area contributed by atoms with Gasteiger partial charge >= 0.3 is 5.97 Å². The van der Waals surface area contributed by atoms with Gasteiger partial charge in [-0.2, -0.15) is 0 Å². The van der Waals surface area contributed by atoms with Crippen LogP contribution in [0.3, 0.4) is 0 Å². The summed E-state index contributed by atoms with van der Waals surface area (Å²) in [6.07, 6.45) is -0.0739. The summed E-state index contributed by atoms with van der Waals surface area (Å²) in [5, 5.41) is 9.27. The molecule has 0 radical (unpaired) electrons. The van der Waals surface area contributed by atoms with E-state index in [1.165, 1.54) is 25.3 Å². The highest BCUT2D eigenvalue weighted by molar-refractivity contribution is 5.92. The standard InChI is InChI=1S/C11H14O4/c1-7(2)15-10-6-8(12)4-5-9(10)11(13)14-3/h4-7,12H,1-3H3. The highest BCUT2D eigenvalue weighted by atomic mass is 16.5. The fourth-order valence-corrected chi connectivity index (χ4v) is 1.14. The van der Waals surface area contributed by atoms with Crippen molar-refractivity contribution in [3.05, 3.63) is 23.8 Å². The van der Waals surface area contributed by atoms with Gasteiger partial charge in [-0.1, -0.05) is 0 Å². The number of ether oxygens (including phenoxy) is 2. The molecule has 0 unspecified atom stereocenters. The number of phenols is 1. The van der Waals surface area contributed by atoms with Gasteiger partial charge < -0.3 is 14.6 Å². The summed E-state index contributed by atoms with van der Waals surface area (Å²) in [4.78, 5) is 11.3. The van der Waals surface area contributed by atoms with Gasteiger partial charge in [0.2, 0.25) is 0 Å². The number of benzene rings is 1. The zero-order chi connectivity index (χ0) is 11.4. The second-order valence-corrected chi connectivity index (χ2v) is 3.34. The molecule has 15 heavy (non-hydrogen) atoms. The lowest BCUT2D eigenvalue weighted by Crippen LogP contribution is -2.10. The summed E-state index contributed by atoms with van der Waals surface area (Å²) >= 11 is 0. The third kappa shape index (κ3) is 2.87. The fourth-order valence-electron chi connectivity index (χ4n) is 1.14. The van der Waals surface area contributed by atoms with Crippen LogP contribution in [0.4, 0.5) is 0 Å². The molecule has 1 rings (SSSR count). The molecule has 0 saturated carbocycles. The van der Waals surface area contributed by atoms with Crippen LogP contribution in [-0.4, -0.2) is 24.3 Å². The van der Waals surface area contributed by atoms with Crippen LogP contribution in [0.25, 0.3) is 0 Å². The van der Waals surface area contributed by atoms with Crippen LogP contribution in [0.15, 0.2) is 18.2 Å². The summed E-state index contributed by atoms with van der Waals surface area (Å²) < 4.78 is 9.99. The molecular formula is C11H14O4. The Kier molecular flexibility index (Phi) is 3.55. The van der Waals surface area contributed by atoms with Crippen LogP contribution in [0, 0.1) is 0 Å². The van der Waals surface area contributed by atoms with Crippen molar-refractivity contribution in [1.29, 1.82) is 0 Å². The lowest BCUT2D eigenvalue weighted by Gasteiger charge is -2.13. The summed E-state index contributed by atoms with van der Waals surface area (Å²) in [6, 6.07) is 4.28. The molecule has 1 aromatic rings. The Labute approximate surface area is 88.4 Å². The van der Waals surface area contributed by atoms with E-state index in [1.807, 2.05) is 13.8 Å². The van der Waals surface area contributed by atoms with E-state index < -0.39 is 5.97 Å². The van der Waals surface area contributed by atoms with Crippen LogP contribution >= 0.6 is 0 Å². The Hall–Kier alpha value is -1.71. The minimum atomic E-state index is -0.481. The molecular weight excluding hydrogens is 196 g/mol. The average Bonchev–Trinajstić information content (AvgIpc) is 2.16. The van der Waals surface area contributed by atoms with Gasteiger partial charge in [0, 0.05) is 6.07 Å². The zero-order valence-electron chi connectivity index (χ0n) is 8.98. The molecule has 0 atom stereocenters. The van der Waals surface area contributed by atoms with Crippen molar-refractivity contribution in [3.8, 4) is 11.5 Å². The number of phenolic OH excluding ortho intramolecular Hbond substituents is 1. The molecule has 0 aliphatic heterocycles. The monoisotopic (exact) mass is 210 g/mol. The third-order valence-corrected chi connectivity index (χ3v) is 1.73. The van der Waals surface area contributed by atoms with Crippen molar-refractivity contribution < 1.29 is 19.4 Å². The number of aromatic hydroxyl groups is 1. The van der Waals surface area contributed by atoms with Gasteiger partial charge in [-0.05, 0) is 26.0 Å². The van der Waals surface area contributed by atoms with Gasteiger partial charge in [-0.15, -0.1) is 0 Å². The number of rotatable bonds is 3. The van der Waals surface area contributed by atoms with E-state index in [0.29, 0.717) is 11.3 Å². The molecule has 82 valence electrons. The molecule has 4 heteroatoms. The number of carbonyl (C=O) groups excluding carboxylic acids is 1. The van der Waals surface area contributed by atoms with E-state index in [-0.39, 0.29) is 11.9 Å². The van der Waals surface area contributed by atoms with Crippen molar-refractivity contribution in [2.45, 2.75) is 20.0 Å². The maximum absolute atomic E-state index is 11.3. The van der Waals surface area contributed by atoms with Crippen molar-refractivity contribution in [3.63, 3.8) is 0 Å². The van der Waals surface area contributed by atoms with E-state index in [9.17, 15) is 9.90 Å². The molecule has 0 fully saturated rings. The number of hydrogen-bond acceptors (Lipinski definition) is 4. The van der Waals surface area contributed by atoms with Crippen molar-refractivity contribution in [2.75, 3.05) is 7.11 Å². The summed E-state index contributed by atoms with van der Waals surface area (Å²) in [5.74, 6) is -0.0965. The Morgan fingerprint density at radius 1 is 1.40 bits per heavy atom. The first-order chi connectivity index (χ1) is 7.04. The highest BCUT2D eigenvalue weighted by Crippen LogP contribution is 2.25. The molecule has 0 heterocycles. The molecule has 0 bridgehead atoms. The number of methoxy groups -OCH3 is 1. The number of esters is 1. The fraction of sp³-hybridized carbons (Fsp3) is 0.364. The van der Waals surface area contributed by atoms with Gasteiger partial charge in [-0.25, -0.2) is 4.79 Å². The molecule has 0 aliphatic carbocycles. The Morgan fingerprint density at radius 3 is 2.60 bits per heavy atom. The lowest BCUT2D eigenvalue weighted by atomic mass is 10.2. The maximum atomic E-state index is 11.3. The Balaban J connectivity index is 3.08. The predicted molar refractivity (Wildman–Crippen MR) is 55.2 cm³/mol. The highest BCUT2D eigenvalue weighted by Gasteiger charge is 2.14. The molecule has 0 aliphatic rings. The first-order valence-electron chi connectivity index (χ1n) is 4.62. The van der Waals surface area contributed by atoms with Crippen molar-refractivity contribution in [2.24, 2.45) is 0 Å². The summed E-state index contributed by atoms with van der Waals surface area (Å²) in [5.41, 5.74) is 0.309. The molecule has 4 nitrogen and oxygen atoms in total. The smallest absolute Gasteiger partial charge is 0.341 e.